The summed E-state index contributed by atoms with van der Waals surface area (Å²) in [4.78, 5) is 9.51. The van der Waals surface area contributed by atoms with E-state index in [-0.39, 0.29) is 0 Å². The molecule has 0 bridgehead atoms. The number of aromatic nitrogens is 2. The van der Waals surface area contributed by atoms with Gasteiger partial charge in [0.2, 0.25) is 5.89 Å². The summed E-state index contributed by atoms with van der Waals surface area (Å²) in [5.41, 5.74) is 0. The molecule has 1 aromatic heterocycles. The fourth-order valence-electron chi connectivity index (χ4n) is 3.70. The zero-order valence-electron chi connectivity index (χ0n) is 12.7. The van der Waals surface area contributed by atoms with Crippen molar-refractivity contribution < 1.29 is 4.52 Å². The number of hydrogen-bond donors (Lipinski definition) is 0. The Bertz CT molecular complexity index is 406. The minimum absolute atomic E-state index is 0.660. The molecule has 0 aliphatic carbocycles. The summed E-state index contributed by atoms with van der Waals surface area (Å²) in [6.07, 6.45) is 6.50. The SMILES string of the molecule is CC(C)C1CN2CCCCC2CN1CCc1ncno1. The molecule has 5 nitrogen and oxygen atoms in total. The van der Waals surface area contributed by atoms with E-state index in [4.69, 9.17) is 4.52 Å². The summed E-state index contributed by atoms with van der Waals surface area (Å²) < 4.78 is 5.13. The van der Waals surface area contributed by atoms with E-state index < -0.39 is 0 Å². The number of piperazine rings is 1. The second-order valence-corrected chi connectivity index (χ2v) is 6.54. The number of hydrogen-bond acceptors (Lipinski definition) is 5. The minimum atomic E-state index is 0.660. The Morgan fingerprint density at radius 2 is 2.25 bits per heavy atom. The van der Waals surface area contributed by atoms with Crippen molar-refractivity contribution in [2.45, 2.75) is 51.6 Å². The van der Waals surface area contributed by atoms with Crippen molar-refractivity contribution in [2.24, 2.45) is 5.92 Å². The summed E-state index contributed by atoms with van der Waals surface area (Å²) in [5.74, 6) is 1.46. The van der Waals surface area contributed by atoms with Gasteiger partial charge in [-0.1, -0.05) is 25.4 Å². The summed E-state index contributed by atoms with van der Waals surface area (Å²) in [7, 11) is 0. The molecule has 0 amide bonds. The third-order valence-electron chi connectivity index (χ3n) is 4.87. The van der Waals surface area contributed by atoms with Gasteiger partial charge in [-0.05, 0) is 25.3 Å². The molecule has 2 unspecified atom stereocenters. The predicted octanol–water partition coefficient (Wildman–Crippen LogP) is 1.81. The van der Waals surface area contributed by atoms with E-state index in [1.165, 1.54) is 45.2 Å². The van der Waals surface area contributed by atoms with Crippen molar-refractivity contribution in [3.05, 3.63) is 12.2 Å². The van der Waals surface area contributed by atoms with Crippen molar-refractivity contribution in [3.63, 3.8) is 0 Å². The molecule has 20 heavy (non-hydrogen) atoms. The van der Waals surface area contributed by atoms with Gasteiger partial charge in [0.05, 0.1) is 0 Å². The fraction of sp³-hybridized carbons (Fsp3) is 0.867. The van der Waals surface area contributed by atoms with Crippen LogP contribution in [0.3, 0.4) is 0 Å². The molecule has 5 heteroatoms. The van der Waals surface area contributed by atoms with Gasteiger partial charge in [-0.3, -0.25) is 9.80 Å². The van der Waals surface area contributed by atoms with Crippen LogP contribution in [-0.2, 0) is 6.42 Å². The standard InChI is InChI=1S/C15H26N4O/c1-12(2)14-10-18-7-4-3-5-13(18)9-19(14)8-6-15-16-11-17-20-15/h11-14H,3-10H2,1-2H3. The zero-order chi connectivity index (χ0) is 13.9. The van der Waals surface area contributed by atoms with Crippen LogP contribution in [0.5, 0.6) is 0 Å². The van der Waals surface area contributed by atoms with E-state index in [1.54, 1.807) is 0 Å². The van der Waals surface area contributed by atoms with E-state index >= 15 is 0 Å². The maximum atomic E-state index is 5.13. The first kappa shape index (κ1) is 14.0. The van der Waals surface area contributed by atoms with E-state index in [9.17, 15) is 0 Å². The molecule has 2 fully saturated rings. The molecule has 2 saturated heterocycles. The minimum Gasteiger partial charge on any atom is -0.340 e. The number of piperidine rings is 1. The third kappa shape index (κ3) is 3.04. The second-order valence-electron chi connectivity index (χ2n) is 6.54. The maximum absolute atomic E-state index is 5.13. The molecule has 0 N–H and O–H groups in total. The van der Waals surface area contributed by atoms with Gasteiger partial charge in [0.25, 0.3) is 0 Å². The van der Waals surface area contributed by atoms with Crippen LogP contribution in [-0.4, -0.2) is 58.2 Å². The molecular formula is C15H26N4O. The van der Waals surface area contributed by atoms with Crippen molar-refractivity contribution >= 4 is 0 Å². The molecule has 0 spiro atoms. The molecule has 0 radical (unpaired) electrons. The van der Waals surface area contributed by atoms with E-state index in [1.807, 2.05) is 0 Å². The Morgan fingerprint density at radius 3 is 3.00 bits per heavy atom. The Labute approximate surface area is 121 Å². The molecule has 2 aliphatic rings. The number of fused-ring (bicyclic) bond motifs is 1. The monoisotopic (exact) mass is 278 g/mol. The van der Waals surface area contributed by atoms with Gasteiger partial charge in [-0.15, -0.1) is 0 Å². The molecule has 2 aliphatic heterocycles. The first-order valence-electron chi connectivity index (χ1n) is 7.97. The number of nitrogens with zero attached hydrogens (tertiary/aromatic N) is 4. The first-order valence-corrected chi connectivity index (χ1v) is 7.97. The molecule has 3 heterocycles. The van der Waals surface area contributed by atoms with E-state index in [0.29, 0.717) is 12.0 Å². The van der Waals surface area contributed by atoms with Crippen molar-refractivity contribution in [2.75, 3.05) is 26.2 Å². The molecule has 2 atom stereocenters. The van der Waals surface area contributed by atoms with Crippen LogP contribution in [0.1, 0.15) is 39.0 Å². The van der Waals surface area contributed by atoms with Gasteiger partial charge in [0.1, 0.15) is 0 Å². The van der Waals surface area contributed by atoms with Crippen molar-refractivity contribution in [1.82, 2.24) is 19.9 Å². The van der Waals surface area contributed by atoms with E-state index in [0.717, 1.165) is 24.9 Å². The Morgan fingerprint density at radius 1 is 1.35 bits per heavy atom. The first-order chi connectivity index (χ1) is 9.74. The summed E-state index contributed by atoms with van der Waals surface area (Å²) in [6.45, 7) is 9.45. The molecular weight excluding hydrogens is 252 g/mol. The quantitative estimate of drug-likeness (QED) is 0.840. The van der Waals surface area contributed by atoms with Crippen molar-refractivity contribution in [3.8, 4) is 0 Å². The normalized spacial score (nSPS) is 28.8. The van der Waals surface area contributed by atoms with Gasteiger partial charge >= 0.3 is 0 Å². The lowest BCUT2D eigenvalue weighted by Gasteiger charge is -2.49. The zero-order valence-corrected chi connectivity index (χ0v) is 12.7. The summed E-state index contributed by atoms with van der Waals surface area (Å²) in [6, 6.07) is 1.42. The van der Waals surface area contributed by atoms with Crippen LogP contribution in [0.2, 0.25) is 0 Å². The summed E-state index contributed by atoms with van der Waals surface area (Å²) in [5, 5.41) is 3.69. The highest BCUT2D eigenvalue weighted by Crippen LogP contribution is 2.27. The largest absolute Gasteiger partial charge is 0.340 e. The maximum Gasteiger partial charge on any atom is 0.227 e. The van der Waals surface area contributed by atoms with Crippen LogP contribution in [0, 0.1) is 5.92 Å². The highest BCUT2D eigenvalue weighted by molar-refractivity contribution is 4.93. The molecule has 0 saturated carbocycles. The van der Waals surface area contributed by atoms with Gasteiger partial charge < -0.3 is 4.52 Å². The van der Waals surface area contributed by atoms with Crippen molar-refractivity contribution in [1.29, 1.82) is 0 Å². The van der Waals surface area contributed by atoms with Gasteiger partial charge in [-0.25, -0.2) is 0 Å². The third-order valence-corrected chi connectivity index (χ3v) is 4.87. The second kappa shape index (κ2) is 6.22. The van der Waals surface area contributed by atoms with Crippen LogP contribution < -0.4 is 0 Å². The van der Waals surface area contributed by atoms with Gasteiger partial charge in [0.15, 0.2) is 6.33 Å². The van der Waals surface area contributed by atoms with Crippen LogP contribution in [0.4, 0.5) is 0 Å². The highest BCUT2D eigenvalue weighted by Gasteiger charge is 2.35. The predicted molar refractivity (Wildman–Crippen MR) is 77.4 cm³/mol. The fourth-order valence-corrected chi connectivity index (χ4v) is 3.70. The number of rotatable bonds is 4. The topological polar surface area (TPSA) is 45.4 Å². The van der Waals surface area contributed by atoms with Crippen LogP contribution in [0.15, 0.2) is 10.9 Å². The highest BCUT2D eigenvalue weighted by atomic mass is 16.5. The summed E-state index contributed by atoms with van der Waals surface area (Å²) >= 11 is 0. The lowest BCUT2D eigenvalue weighted by molar-refractivity contribution is -0.00755. The van der Waals surface area contributed by atoms with Gasteiger partial charge in [-0.2, -0.15) is 4.98 Å². The van der Waals surface area contributed by atoms with Gasteiger partial charge in [0, 0.05) is 38.1 Å². The molecule has 3 rings (SSSR count). The lowest BCUT2D eigenvalue weighted by Crippen LogP contribution is -2.61. The van der Waals surface area contributed by atoms with Crippen LogP contribution in [0.25, 0.3) is 0 Å². The Hall–Kier alpha value is -0.940. The molecule has 1 aromatic rings. The average molecular weight is 278 g/mol. The lowest BCUT2D eigenvalue weighted by atomic mass is 9.92. The van der Waals surface area contributed by atoms with Crippen LogP contribution >= 0.6 is 0 Å². The Balaban J connectivity index is 1.63. The Kier molecular flexibility index (Phi) is 4.36. The smallest absolute Gasteiger partial charge is 0.227 e. The average Bonchev–Trinajstić information content (AvgIpc) is 2.97. The molecule has 112 valence electrons. The molecule has 0 aromatic carbocycles. The van der Waals surface area contributed by atoms with E-state index in [2.05, 4.69) is 33.8 Å².